The third-order valence-electron chi connectivity index (χ3n) is 5.48. The Hall–Kier alpha value is -2.56. The maximum atomic E-state index is 12.8. The van der Waals surface area contributed by atoms with Crippen molar-refractivity contribution in [2.24, 2.45) is 0 Å². The van der Waals surface area contributed by atoms with Crippen LogP contribution in [-0.2, 0) is 11.3 Å². The van der Waals surface area contributed by atoms with Crippen LogP contribution in [0, 0.1) is 0 Å². The molecule has 0 spiro atoms. The maximum absolute atomic E-state index is 12.8. The van der Waals surface area contributed by atoms with Crippen LogP contribution in [0.4, 0.5) is 5.69 Å². The van der Waals surface area contributed by atoms with Crippen LogP contribution >= 0.6 is 11.6 Å². The third-order valence-corrected chi connectivity index (χ3v) is 5.71. The van der Waals surface area contributed by atoms with Gasteiger partial charge in [0.25, 0.3) is 0 Å². The van der Waals surface area contributed by atoms with E-state index in [1.165, 1.54) is 16.3 Å². The number of amides is 1. The number of benzene rings is 3. The second-order valence-electron chi connectivity index (χ2n) is 7.70. The molecule has 0 atom stereocenters. The van der Waals surface area contributed by atoms with Gasteiger partial charge in [0.1, 0.15) is 0 Å². The summed E-state index contributed by atoms with van der Waals surface area (Å²) in [6.45, 7) is 4.36. The smallest absolute Gasteiger partial charge is 0.236 e. The molecule has 0 unspecified atom stereocenters. The van der Waals surface area contributed by atoms with E-state index in [1.807, 2.05) is 30.1 Å². The molecule has 1 saturated heterocycles. The summed E-state index contributed by atoms with van der Waals surface area (Å²) in [5.41, 5.74) is 2.35. The topological polar surface area (TPSA) is 26.8 Å². The van der Waals surface area contributed by atoms with E-state index in [9.17, 15) is 4.79 Å². The Morgan fingerprint density at radius 2 is 1.69 bits per heavy atom. The minimum absolute atomic E-state index is 0.194. The number of halogens is 1. The van der Waals surface area contributed by atoms with Gasteiger partial charge in [0.05, 0.1) is 6.54 Å². The molecule has 5 heteroatoms. The van der Waals surface area contributed by atoms with Crippen molar-refractivity contribution in [1.82, 2.24) is 9.80 Å². The molecule has 0 bridgehead atoms. The van der Waals surface area contributed by atoms with Crippen LogP contribution in [0.25, 0.3) is 10.8 Å². The molecule has 1 aliphatic heterocycles. The molecule has 29 heavy (non-hydrogen) atoms. The first kappa shape index (κ1) is 19.7. The summed E-state index contributed by atoms with van der Waals surface area (Å²) in [7, 11) is 2.01. The molecule has 0 radical (unpaired) electrons. The number of nitrogens with zero attached hydrogens (tertiary/aromatic N) is 3. The molecule has 1 amide bonds. The Morgan fingerprint density at radius 1 is 0.931 bits per heavy atom. The van der Waals surface area contributed by atoms with Crippen LogP contribution in [0.15, 0.2) is 66.7 Å². The number of likely N-dealkylation sites (N-methyl/N-ethyl adjacent to an activating group) is 1. The van der Waals surface area contributed by atoms with Crippen LogP contribution in [0.1, 0.15) is 5.56 Å². The van der Waals surface area contributed by atoms with Crippen molar-refractivity contribution in [3.8, 4) is 0 Å². The van der Waals surface area contributed by atoms with Crippen molar-refractivity contribution >= 4 is 34.0 Å². The van der Waals surface area contributed by atoms with Gasteiger partial charge in [-0.2, -0.15) is 0 Å². The SMILES string of the molecule is CN(CC(=O)N1CCN(c2cccc(Cl)c2)CC1)Cc1ccc2ccccc2c1. The van der Waals surface area contributed by atoms with E-state index in [2.05, 4.69) is 58.3 Å². The quantitative estimate of drug-likeness (QED) is 0.631. The van der Waals surface area contributed by atoms with Crippen LogP contribution in [0.2, 0.25) is 5.02 Å². The fourth-order valence-electron chi connectivity index (χ4n) is 3.92. The zero-order valence-electron chi connectivity index (χ0n) is 16.7. The lowest BCUT2D eigenvalue weighted by atomic mass is 10.1. The summed E-state index contributed by atoms with van der Waals surface area (Å²) in [4.78, 5) is 19.1. The van der Waals surface area contributed by atoms with E-state index in [4.69, 9.17) is 11.6 Å². The lowest BCUT2D eigenvalue weighted by Gasteiger charge is -2.36. The molecule has 0 N–H and O–H groups in total. The van der Waals surface area contributed by atoms with Crippen molar-refractivity contribution in [3.05, 3.63) is 77.3 Å². The summed E-state index contributed by atoms with van der Waals surface area (Å²) in [6.07, 6.45) is 0. The standard InChI is InChI=1S/C24H26ClN3O/c1-26(17-19-9-10-20-5-2-3-6-21(20)15-19)18-24(29)28-13-11-27(12-14-28)23-8-4-7-22(25)16-23/h2-10,15-16H,11-14,17-18H2,1H3. The molecule has 1 aliphatic rings. The minimum atomic E-state index is 0.194. The Kier molecular flexibility index (Phi) is 6.02. The van der Waals surface area contributed by atoms with E-state index >= 15 is 0 Å². The highest BCUT2D eigenvalue weighted by molar-refractivity contribution is 6.30. The molecule has 1 heterocycles. The molecular formula is C24H26ClN3O. The van der Waals surface area contributed by atoms with Gasteiger partial charge in [0.15, 0.2) is 0 Å². The zero-order valence-corrected chi connectivity index (χ0v) is 17.5. The van der Waals surface area contributed by atoms with Crippen molar-refractivity contribution < 1.29 is 4.79 Å². The number of hydrogen-bond donors (Lipinski definition) is 0. The Morgan fingerprint density at radius 3 is 2.45 bits per heavy atom. The normalized spacial score (nSPS) is 14.6. The van der Waals surface area contributed by atoms with Crippen LogP contribution in [0.5, 0.6) is 0 Å². The van der Waals surface area contributed by atoms with Gasteiger partial charge in [0.2, 0.25) is 5.91 Å². The summed E-state index contributed by atoms with van der Waals surface area (Å²) in [5.74, 6) is 0.194. The zero-order chi connectivity index (χ0) is 20.2. The maximum Gasteiger partial charge on any atom is 0.236 e. The minimum Gasteiger partial charge on any atom is -0.368 e. The Labute approximate surface area is 177 Å². The molecular weight excluding hydrogens is 382 g/mol. The molecule has 4 nitrogen and oxygen atoms in total. The van der Waals surface area contributed by atoms with Gasteiger partial charge in [-0.3, -0.25) is 9.69 Å². The van der Waals surface area contributed by atoms with Gasteiger partial charge >= 0.3 is 0 Å². The van der Waals surface area contributed by atoms with Crippen LogP contribution in [-0.4, -0.2) is 55.5 Å². The number of carbonyl (C=O) groups excluding carboxylic acids is 1. The number of piperazine rings is 1. The first-order valence-electron chi connectivity index (χ1n) is 10.0. The van der Waals surface area contributed by atoms with Crippen molar-refractivity contribution in [2.45, 2.75) is 6.54 Å². The molecule has 1 fully saturated rings. The molecule has 4 rings (SSSR count). The van der Waals surface area contributed by atoms with E-state index < -0.39 is 0 Å². The predicted molar refractivity (Wildman–Crippen MR) is 121 cm³/mol. The average Bonchev–Trinajstić information content (AvgIpc) is 2.73. The van der Waals surface area contributed by atoms with E-state index in [0.29, 0.717) is 6.54 Å². The number of hydrogen-bond acceptors (Lipinski definition) is 3. The lowest BCUT2D eigenvalue weighted by Crippen LogP contribution is -2.51. The van der Waals surface area contributed by atoms with Crippen LogP contribution in [0.3, 0.4) is 0 Å². The second-order valence-corrected chi connectivity index (χ2v) is 8.14. The number of fused-ring (bicyclic) bond motifs is 1. The summed E-state index contributed by atoms with van der Waals surface area (Å²) >= 11 is 6.10. The lowest BCUT2D eigenvalue weighted by molar-refractivity contribution is -0.132. The van der Waals surface area contributed by atoms with E-state index in [1.54, 1.807) is 0 Å². The highest BCUT2D eigenvalue weighted by atomic mass is 35.5. The van der Waals surface area contributed by atoms with Crippen LogP contribution < -0.4 is 4.90 Å². The Bertz CT molecular complexity index is 998. The fourth-order valence-corrected chi connectivity index (χ4v) is 4.11. The third kappa shape index (κ3) is 4.89. The largest absolute Gasteiger partial charge is 0.368 e. The van der Waals surface area contributed by atoms with Crippen molar-refractivity contribution in [3.63, 3.8) is 0 Å². The first-order chi connectivity index (χ1) is 14.1. The van der Waals surface area contributed by atoms with Gasteiger partial charge in [-0.1, -0.05) is 54.1 Å². The van der Waals surface area contributed by atoms with Gasteiger partial charge in [-0.25, -0.2) is 0 Å². The van der Waals surface area contributed by atoms with Gasteiger partial charge in [0, 0.05) is 43.4 Å². The van der Waals surface area contributed by atoms with Gasteiger partial charge < -0.3 is 9.80 Å². The molecule has 150 valence electrons. The first-order valence-corrected chi connectivity index (χ1v) is 10.4. The summed E-state index contributed by atoms with van der Waals surface area (Å²) in [5, 5.41) is 3.23. The van der Waals surface area contributed by atoms with E-state index in [-0.39, 0.29) is 5.91 Å². The summed E-state index contributed by atoms with van der Waals surface area (Å²) in [6, 6.07) is 22.8. The second kappa shape index (κ2) is 8.85. The fraction of sp³-hybridized carbons (Fsp3) is 0.292. The molecule has 0 aromatic heterocycles. The molecule has 0 saturated carbocycles. The van der Waals surface area contributed by atoms with Gasteiger partial charge in [-0.15, -0.1) is 0 Å². The highest BCUT2D eigenvalue weighted by Crippen LogP contribution is 2.21. The molecule has 0 aliphatic carbocycles. The van der Waals surface area contributed by atoms with Crippen molar-refractivity contribution in [2.75, 3.05) is 44.7 Å². The highest BCUT2D eigenvalue weighted by Gasteiger charge is 2.22. The van der Waals surface area contributed by atoms with Gasteiger partial charge in [-0.05, 0) is 47.6 Å². The predicted octanol–water partition coefficient (Wildman–Crippen LogP) is 4.27. The van der Waals surface area contributed by atoms with E-state index in [0.717, 1.165) is 43.4 Å². The number of rotatable bonds is 5. The number of anilines is 1. The molecule has 3 aromatic rings. The Balaban J connectivity index is 1.30. The van der Waals surface area contributed by atoms with Crippen molar-refractivity contribution in [1.29, 1.82) is 0 Å². The average molecular weight is 408 g/mol. The number of carbonyl (C=O) groups is 1. The monoisotopic (exact) mass is 407 g/mol. The molecule has 3 aromatic carbocycles. The summed E-state index contributed by atoms with van der Waals surface area (Å²) < 4.78 is 0.